The molecule has 0 saturated carbocycles. The van der Waals surface area contributed by atoms with Gasteiger partial charge in [0.1, 0.15) is 17.7 Å². The molecule has 0 bridgehead atoms. The normalized spacial score (nSPS) is 28.4. The van der Waals surface area contributed by atoms with Crippen LogP contribution in [0.25, 0.3) is 0 Å². The molecule has 9 heteroatoms. The molecule has 0 aromatic rings. The summed E-state index contributed by atoms with van der Waals surface area (Å²) in [6.45, 7) is 15.9. The predicted octanol–water partition coefficient (Wildman–Crippen LogP) is 3.67. The molecule has 0 radical (unpaired) electrons. The summed E-state index contributed by atoms with van der Waals surface area (Å²) in [6, 6.07) is -2.26. The maximum Gasteiger partial charge on any atom is 0.408 e. The Morgan fingerprint density at radius 2 is 1.71 bits per heavy atom. The molecule has 1 saturated heterocycles. The van der Waals surface area contributed by atoms with E-state index in [0.717, 1.165) is 0 Å². The number of carboxylic acid groups (broad SMARTS) is 1. The van der Waals surface area contributed by atoms with Gasteiger partial charge in [0.25, 0.3) is 0 Å². The lowest BCUT2D eigenvalue weighted by molar-refractivity contribution is -0.150. The number of hydrogen-bond donors (Lipinski definition) is 2. The lowest BCUT2D eigenvalue weighted by atomic mass is 10.0. The molecule has 0 aromatic carbocycles. The Balaban J connectivity index is 2.31. The number of aliphatic carboxylic acids is 1. The zero-order valence-corrected chi connectivity index (χ0v) is 21.0. The molecule has 8 nitrogen and oxygen atoms in total. The molecule has 31 heavy (non-hydrogen) atoms. The Bertz CT molecular complexity index is 737. The minimum Gasteiger partial charge on any atom is -0.480 e. The average Bonchev–Trinajstić information content (AvgIpc) is 2.90. The maximum absolute atomic E-state index is 13.4. The predicted molar refractivity (Wildman–Crippen MR) is 120 cm³/mol. The molecule has 0 aliphatic carbocycles. The maximum atomic E-state index is 13.4. The van der Waals surface area contributed by atoms with Crippen molar-refractivity contribution in [3.63, 3.8) is 0 Å². The second-order valence-electron chi connectivity index (χ2n) is 11.0. The van der Waals surface area contributed by atoms with Gasteiger partial charge < -0.3 is 24.5 Å². The number of alkyl carbamates (subject to hydrolysis) is 1. The number of carboxylic acids is 1. The average molecular weight is 455 g/mol. The fraction of sp³-hybridized carbons (Fsp3) is 0.773. The summed E-state index contributed by atoms with van der Waals surface area (Å²) in [4.78, 5) is 39.2. The van der Waals surface area contributed by atoms with Crippen LogP contribution in [0.2, 0.25) is 18.1 Å². The zero-order chi connectivity index (χ0) is 23.8. The van der Waals surface area contributed by atoms with Crippen LogP contribution in [0.1, 0.15) is 60.8 Å². The number of nitrogens with one attached hydrogen (secondary N) is 1. The minimum absolute atomic E-state index is 0.0403. The molecule has 2 amide bonds. The molecule has 2 heterocycles. The molecule has 0 unspecified atom stereocenters. The van der Waals surface area contributed by atoms with E-state index < -0.39 is 44.0 Å². The van der Waals surface area contributed by atoms with Gasteiger partial charge in [-0.15, -0.1) is 0 Å². The van der Waals surface area contributed by atoms with Gasteiger partial charge in [-0.05, 0) is 51.7 Å². The molecular weight excluding hydrogens is 416 g/mol. The van der Waals surface area contributed by atoms with Crippen LogP contribution >= 0.6 is 0 Å². The van der Waals surface area contributed by atoms with Crippen LogP contribution < -0.4 is 5.32 Å². The fourth-order valence-electron chi connectivity index (χ4n) is 3.70. The number of carbonyl (C=O) groups excluding carboxylic acids is 2. The number of nitrogens with zero attached hydrogens (tertiary/aromatic N) is 1. The summed E-state index contributed by atoms with van der Waals surface area (Å²) in [7, 11) is -2.18. The molecule has 176 valence electrons. The summed E-state index contributed by atoms with van der Waals surface area (Å²) >= 11 is 0. The van der Waals surface area contributed by atoms with Crippen molar-refractivity contribution in [1.29, 1.82) is 0 Å². The van der Waals surface area contributed by atoms with Gasteiger partial charge in [-0.3, -0.25) is 4.79 Å². The molecule has 0 aromatic heterocycles. The van der Waals surface area contributed by atoms with E-state index >= 15 is 0 Å². The fourth-order valence-corrected chi connectivity index (χ4v) is 5.07. The van der Waals surface area contributed by atoms with E-state index in [1.54, 1.807) is 20.8 Å². The molecule has 0 spiro atoms. The third kappa shape index (κ3) is 6.09. The monoisotopic (exact) mass is 454 g/mol. The Morgan fingerprint density at radius 1 is 1.13 bits per heavy atom. The Hall–Kier alpha value is -1.87. The number of hydrogen-bond acceptors (Lipinski definition) is 5. The first-order valence-corrected chi connectivity index (χ1v) is 13.8. The van der Waals surface area contributed by atoms with Gasteiger partial charge in [0.2, 0.25) is 5.91 Å². The number of ether oxygens (including phenoxy) is 1. The summed E-state index contributed by atoms with van der Waals surface area (Å²) in [5, 5.41) is 12.4. The summed E-state index contributed by atoms with van der Waals surface area (Å²) < 4.78 is 11.9. The second kappa shape index (κ2) is 8.94. The van der Waals surface area contributed by atoms with Gasteiger partial charge in [0.05, 0.1) is 12.1 Å². The van der Waals surface area contributed by atoms with E-state index in [-0.39, 0.29) is 30.0 Å². The van der Waals surface area contributed by atoms with Crippen LogP contribution in [0.5, 0.6) is 0 Å². The van der Waals surface area contributed by atoms with E-state index in [1.807, 2.05) is 12.2 Å². The summed E-state index contributed by atoms with van der Waals surface area (Å²) in [5.74, 6) is -1.46. The Labute approximate surface area is 186 Å². The van der Waals surface area contributed by atoms with Crippen molar-refractivity contribution < 1.29 is 28.7 Å². The molecule has 2 N–H and O–H groups in total. The Morgan fingerprint density at radius 3 is 2.23 bits per heavy atom. The first-order valence-electron chi connectivity index (χ1n) is 10.9. The first-order chi connectivity index (χ1) is 14.0. The van der Waals surface area contributed by atoms with E-state index in [4.69, 9.17) is 9.16 Å². The molecule has 2 aliphatic rings. The van der Waals surface area contributed by atoms with Crippen LogP contribution in [-0.2, 0) is 18.8 Å². The van der Waals surface area contributed by atoms with Crippen molar-refractivity contribution in [2.24, 2.45) is 0 Å². The lowest BCUT2D eigenvalue weighted by Crippen LogP contribution is -2.56. The van der Waals surface area contributed by atoms with Crippen LogP contribution in [0.3, 0.4) is 0 Å². The quantitative estimate of drug-likeness (QED) is 0.496. The van der Waals surface area contributed by atoms with Crippen molar-refractivity contribution in [3.8, 4) is 0 Å². The highest BCUT2D eigenvalue weighted by Crippen LogP contribution is 2.41. The largest absolute Gasteiger partial charge is 0.480 e. The molecule has 1 fully saturated rings. The number of rotatable bonds is 4. The SMILES string of the molecule is CC(C)(C)OC(=O)N[C@H]1C/C=C\C[C@@H]2[C@H](O[Si](C)(C)C(C)(C)C)C[C@@H](C(=O)O)N2C1=O. The van der Waals surface area contributed by atoms with Crippen molar-refractivity contribution >= 4 is 26.3 Å². The van der Waals surface area contributed by atoms with Crippen molar-refractivity contribution in [2.45, 2.75) is 109 Å². The minimum atomic E-state index is -2.18. The molecule has 2 rings (SSSR count). The molecular formula is C22H38N2O6Si. The van der Waals surface area contributed by atoms with Gasteiger partial charge in [0, 0.05) is 6.42 Å². The van der Waals surface area contributed by atoms with Gasteiger partial charge in [-0.2, -0.15) is 0 Å². The summed E-state index contributed by atoms with van der Waals surface area (Å²) in [6.07, 6.45) is 3.78. The van der Waals surface area contributed by atoms with E-state index in [0.29, 0.717) is 6.42 Å². The standard InChI is InChI=1S/C22H38N2O6Si/c1-21(2,3)29-20(28)23-14-11-9-10-12-15-17(30-31(7,8)22(4,5)6)13-16(19(26)27)24(15)18(14)25/h9-10,14-17H,11-13H2,1-8H3,(H,23,28)(H,26,27)/b10-9-/t14-,15+,16-,17+/m0/s1. The topological polar surface area (TPSA) is 105 Å². The van der Waals surface area contributed by atoms with Crippen LogP contribution in [0.15, 0.2) is 12.2 Å². The third-order valence-corrected chi connectivity index (χ3v) is 10.8. The van der Waals surface area contributed by atoms with Gasteiger partial charge in [-0.25, -0.2) is 9.59 Å². The highest BCUT2D eigenvalue weighted by molar-refractivity contribution is 6.74. The van der Waals surface area contributed by atoms with Crippen LogP contribution in [0, 0.1) is 0 Å². The number of amides is 2. The summed E-state index contributed by atoms with van der Waals surface area (Å²) in [5.41, 5.74) is -0.702. The van der Waals surface area contributed by atoms with Crippen molar-refractivity contribution in [1.82, 2.24) is 10.2 Å². The van der Waals surface area contributed by atoms with E-state index in [2.05, 4.69) is 39.2 Å². The number of carbonyl (C=O) groups is 3. The van der Waals surface area contributed by atoms with Crippen LogP contribution in [0.4, 0.5) is 4.79 Å². The van der Waals surface area contributed by atoms with Gasteiger partial charge in [-0.1, -0.05) is 32.9 Å². The van der Waals surface area contributed by atoms with Gasteiger partial charge >= 0.3 is 12.1 Å². The highest BCUT2D eigenvalue weighted by Gasteiger charge is 2.52. The Kier molecular flexibility index (Phi) is 7.32. The van der Waals surface area contributed by atoms with E-state index in [9.17, 15) is 19.5 Å². The number of fused-ring (bicyclic) bond motifs is 1. The highest BCUT2D eigenvalue weighted by atomic mass is 28.4. The van der Waals surface area contributed by atoms with Gasteiger partial charge in [0.15, 0.2) is 8.32 Å². The van der Waals surface area contributed by atoms with E-state index in [1.165, 1.54) is 4.90 Å². The molecule has 2 aliphatic heterocycles. The lowest BCUT2D eigenvalue weighted by Gasteiger charge is -2.40. The second-order valence-corrected chi connectivity index (χ2v) is 15.7. The van der Waals surface area contributed by atoms with Crippen molar-refractivity contribution in [2.75, 3.05) is 0 Å². The molecule has 4 atom stereocenters. The zero-order valence-electron chi connectivity index (χ0n) is 20.0. The van der Waals surface area contributed by atoms with Crippen molar-refractivity contribution in [3.05, 3.63) is 12.2 Å². The third-order valence-electron chi connectivity index (χ3n) is 6.27. The van der Waals surface area contributed by atoms with Crippen LogP contribution in [-0.4, -0.2) is 66.1 Å². The first kappa shape index (κ1) is 25.4. The smallest absolute Gasteiger partial charge is 0.408 e.